The quantitative estimate of drug-likeness (QED) is 0.655. The molecule has 114 valence electrons. The minimum Gasteiger partial charge on any atom is -0.399 e. The van der Waals surface area contributed by atoms with E-state index < -0.39 is 12.8 Å². The van der Waals surface area contributed by atoms with Crippen molar-refractivity contribution in [3.05, 3.63) is 41.5 Å². The normalized spacial score (nSPS) is 11.8. The summed E-state index contributed by atoms with van der Waals surface area (Å²) in [5, 5.41) is 3.69. The first-order valence-electron chi connectivity index (χ1n) is 6.23. The molecule has 21 heavy (non-hydrogen) atoms. The SMILES string of the molecule is Nc1ccc(Cc2nc(CCOCC(F)(F)F)no2)cc1. The summed E-state index contributed by atoms with van der Waals surface area (Å²) >= 11 is 0. The van der Waals surface area contributed by atoms with Gasteiger partial charge >= 0.3 is 6.18 Å². The van der Waals surface area contributed by atoms with Gasteiger partial charge in [-0.3, -0.25) is 0 Å². The van der Waals surface area contributed by atoms with Crippen LogP contribution in [0.4, 0.5) is 18.9 Å². The van der Waals surface area contributed by atoms with Crippen LogP contribution in [-0.4, -0.2) is 29.5 Å². The Kier molecular flexibility index (Phi) is 4.79. The first kappa shape index (κ1) is 15.3. The van der Waals surface area contributed by atoms with Crippen LogP contribution in [0, 0.1) is 0 Å². The first-order chi connectivity index (χ1) is 9.92. The number of anilines is 1. The van der Waals surface area contributed by atoms with Crippen LogP contribution in [0.15, 0.2) is 28.8 Å². The summed E-state index contributed by atoms with van der Waals surface area (Å²) in [7, 11) is 0. The number of halogens is 3. The van der Waals surface area contributed by atoms with Gasteiger partial charge in [0.05, 0.1) is 13.0 Å². The molecule has 0 fully saturated rings. The summed E-state index contributed by atoms with van der Waals surface area (Å²) in [4.78, 5) is 4.09. The molecule has 0 aliphatic rings. The fraction of sp³-hybridized carbons (Fsp3) is 0.385. The van der Waals surface area contributed by atoms with Crippen LogP contribution in [0.25, 0.3) is 0 Å². The molecule has 0 atom stereocenters. The predicted molar refractivity (Wildman–Crippen MR) is 68.5 cm³/mol. The smallest absolute Gasteiger partial charge is 0.399 e. The monoisotopic (exact) mass is 301 g/mol. The largest absolute Gasteiger partial charge is 0.411 e. The number of alkyl halides is 3. The fourth-order valence-electron chi connectivity index (χ4n) is 1.62. The van der Waals surface area contributed by atoms with Gasteiger partial charge in [0, 0.05) is 12.1 Å². The van der Waals surface area contributed by atoms with Crippen molar-refractivity contribution in [2.45, 2.75) is 19.0 Å². The zero-order valence-corrected chi connectivity index (χ0v) is 11.1. The van der Waals surface area contributed by atoms with Crippen LogP contribution >= 0.6 is 0 Å². The maximum absolute atomic E-state index is 11.9. The van der Waals surface area contributed by atoms with E-state index in [9.17, 15) is 13.2 Å². The fourth-order valence-corrected chi connectivity index (χ4v) is 1.62. The molecule has 2 rings (SSSR count). The summed E-state index contributed by atoms with van der Waals surface area (Å²) < 4.78 is 45.1. The molecule has 0 unspecified atom stereocenters. The Bertz CT molecular complexity index is 567. The molecule has 0 aliphatic heterocycles. The second kappa shape index (κ2) is 6.57. The van der Waals surface area contributed by atoms with E-state index in [1.165, 1.54) is 0 Å². The number of aromatic nitrogens is 2. The Morgan fingerprint density at radius 1 is 1.19 bits per heavy atom. The van der Waals surface area contributed by atoms with E-state index in [0.717, 1.165) is 5.56 Å². The highest BCUT2D eigenvalue weighted by molar-refractivity contribution is 5.39. The van der Waals surface area contributed by atoms with Gasteiger partial charge in [-0.2, -0.15) is 18.2 Å². The van der Waals surface area contributed by atoms with Gasteiger partial charge in [0.15, 0.2) is 5.82 Å². The van der Waals surface area contributed by atoms with Crippen molar-refractivity contribution in [1.82, 2.24) is 10.1 Å². The van der Waals surface area contributed by atoms with Crippen molar-refractivity contribution < 1.29 is 22.4 Å². The van der Waals surface area contributed by atoms with E-state index in [1.807, 2.05) is 12.1 Å². The number of hydrogen-bond donors (Lipinski definition) is 1. The van der Waals surface area contributed by atoms with Gasteiger partial charge in [0.25, 0.3) is 0 Å². The van der Waals surface area contributed by atoms with Crippen LogP contribution in [0.5, 0.6) is 0 Å². The molecule has 5 nitrogen and oxygen atoms in total. The molecule has 0 radical (unpaired) electrons. The molecule has 1 aromatic heterocycles. The predicted octanol–water partition coefficient (Wildman–Crippen LogP) is 2.36. The molecular weight excluding hydrogens is 287 g/mol. The number of ether oxygens (including phenoxy) is 1. The lowest BCUT2D eigenvalue weighted by Crippen LogP contribution is -2.18. The van der Waals surface area contributed by atoms with Gasteiger partial charge in [0.2, 0.25) is 5.89 Å². The molecule has 8 heteroatoms. The van der Waals surface area contributed by atoms with Crippen LogP contribution < -0.4 is 5.73 Å². The molecule has 0 bridgehead atoms. The van der Waals surface area contributed by atoms with Crippen molar-refractivity contribution in [3.63, 3.8) is 0 Å². The second-order valence-electron chi connectivity index (χ2n) is 4.44. The first-order valence-corrected chi connectivity index (χ1v) is 6.23. The average molecular weight is 301 g/mol. The summed E-state index contributed by atoms with van der Waals surface area (Å²) in [5.74, 6) is 0.716. The van der Waals surface area contributed by atoms with Crippen molar-refractivity contribution in [1.29, 1.82) is 0 Å². The van der Waals surface area contributed by atoms with Crippen molar-refractivity contribution >= 4 is 5.69 Å². The molecule has 2 aromatic rings. The van der Waals surface area contributed by atoms with E-state index in [-0.39, 0.29) is 13.0 Å². The number of nitrogen functional groups attached to an aromatic ring is 1. The molecule has 0 saturated carbocycles. The Morgan fingerprint density at radius 3 is 2.57 bits per heavy atom. The summed E-state index contributed by atoms with van der Waals surface area (Å²) in [6.45, 7) is -1.39. The molecule has 0 spiro atoms. The van der Waals surface area contributed by atoms with Crippen LogP contribution in [0.3, 0.4) is 0 Å². The van der Waals surface area contributed by atoms with Gasteiger partial charge in [0.1, 0.15) is 6.61 Å². The third kappa shape index (κ3) is 5.42. The highest BCUT2D eigenvalue weighted by atomic mass is 19.4. The topological polar surface area (TPSA) is 74.2 Å². The van der Waals surface area contributed by atoms with Crippen LogP contribution in [-0.2, 0) is 17.6 Å². The number of nitrogens with zero attached hydrogens (tertiary/aromatic N) is 2. The zero-order chi connectivity index (χ0) is 15.3. The lowest BCUT2D eigenvalue weighted by atomic mass is 10.1. The number of rotatable bonds is 6. The van der Waals surface area contributed by atoms with Gasteiger partial charge in [-0.05, 0) is 17.7 Å². The van der Waals surface area contributed by atoms with Gasteiger partial charge in [-0.15, -0.1) is 0 Å². The summed E-state index contributed by atoms with van der Waals surface area (Å²) in [6, 6.07) is 7.20. The molecule has 1 aromatic carbocycles. The highest BCUT2D eigenvalue weighted by Crippen LogP contribution is 2.14. The number of nitrogens with two attached hydrogens (primary N) is 1. The molecule has 0 saturated heterocycles. The molecular formula is C13H14F3N3O2. The maximum Gasteiger partial charge on any atom is 0.411 e. The zero-order valence-electron chi connectivity index (χ0n) is 11.1. The second-order valence-corrected chi connectivity index (χ2v) is 4.44. The van der Waals surface area contributed by atoms with E-state index in [4.69, 9.17) is 10.3 Å². The van der Waals surface area contributed by atoms with Crippen molar-refractivity contribution in [3.8, 4) is 0 Å². The highest BCUT2D eigenvalue weighted by Gasteiger charge is 2.27. The lowest BCUT2D eigenvalue weighted by molar-refractivity contribution is -0.173. The molecule has 0 amide bonds. The molecule has 1 heterocycles. The Balaban J connectivity index is 1.80. The number of hydrogen-bond acceptors (Lipinski definition) is 5. The van der Waals surface area contributed by atoms with E-state index in [1.54, 1.807) is 12.1 Å². The van der Waals surface area contributed by atoms with Crippen molar-refractivity contribution in [2.75, 3.05) is 18.9 Å². The van der Waals surface area contributed by atoms with E-state index in [2.05, 4.69) is 14.9 Å². The summed E-state index contributed by atoms with van der Waals surface area (Å²) in [5.41, 5.74) is 7.19. The maximum atomic E-state index is 11.9. The van der Waals surface area contributed by atoms with Crippen molar-refractivity contribution in [2.24, 2.45) is 0 Å². The molecule has 2 N–H and O–H groups in total. The van der Waals surface area contributed by atoms with E-state index in [0.29, 0.717) is 23.8 Å². The van der Waals surface area contributed by atoms with Gasteiger partial charge in [-0.25, -0.2) is 0 Å². The van der Waals surface area contributed by atoms with Gasteiger partial charge < -0.3 is 15.0 Å². The number of benzene rings is 1. The Hall–Kier alpha value is -2.09. The Labute approximate surface area is 118 Å². The lowest BCUT2D eigenvalue weighted by Gasteiger charge is -2.05. The third-order valence-corrected chi connectivity index (χ3v) is 2.58. The standard InChI is InChI=1S/C13H14F3N3O2/c14-13(15,16)8-20-6-5-11-18-12(21-19-11)7-9-1-3-10(17)4-2-9/h1-4H,5-8,17H2. The van der Waals surface area contributed by atoms with Crippen LogP contribution in [0.2, 0.25) is 0 Å². The average Bonchev–Trinajstić information content (AvgIpc) is 2.84. The van der Waals surface area contributed by atoms with Gasteiger partial charge in [-0.1, -0.05) is 17.3 Å². The third-order valence-electron chi connectivity index (χ3n) is 2.58. The Morgan fingerprint density at radius 2 is 1.90 bits per heavy atom. The summed E-state index contributed by atoms with van der Waals surface area (Å²) in [6.07, 6.45) is -3.71. The van der Waals surface area contributed by atoms with Crippen LogP contribution in [0.1, 0.15) is 17.3 Å². The van der Waals surface area contributed by atoms with E-state index >= 15 is 0 Å². The minimum atomic E-state index is -4.32. The molecule has 0 aliphatic carbocycles. The minimum absolute atomic E-state index is 0.111.